The molecule has 3 aromatic rings. The van der Waals surface area contributed by atoms with Crippen molar-refractivity contribution in [3.63, 3.8) is 0 Å². The summed E-state index contributed by atoms with van der Waals surface area (Å²) in [4.78, 5) is 16.8. The van der Waals surface area contributed by atoms with Crippen LogP contribution in [0.5, 0.6) is 5.75 Å². The van der Waals surface area contributed by atoms with E-state index >= 15 is 0 Å². The molecule has 3 rings (SSSR count). The van der Waals surface area contributed by atoms with E-state index in [-0.39, 0.29) is 36.6 Å². The van der Waals surface area contributed by atoms with Crippen molar-refractivity contribution in [3.05, 3.63) is 48.8 Å². The summed E-state index contributed by atoms with van der Waals surface area (Å²) in [5, 5.41) is 16.1. The van der Waals surface area contributed by atoms with Gasteiger partial charge in [-0.2, -0.15) is 0 Å². The van der Waals surface area contributed by atoms with Crippen LogP contribution in [0.2, 0.25) is 0 Å². The van der Waals surface area contributed by atoms with E-state index in [0.717, 1.165) is 11.1 Å². The van der Waals surface area contributed by atoms with Gasteiger partial charge in [0.25, 0.3) is 0 Å². The number of nitrogens with one attached hydrogen (secondary N) is 2. The number of alkyl halides is 3. The molecule has 2 heterocycles. The second-order valence-electron chi connectivity index (χ2n) is 7.98. The van der Waals surface area contributed by atoms with Gasteiger partial charge in [-0.1, -0.05) is 13.8 Å². The molecule has 0 saturated heterocycles. The molecule has 1 amide bonds. The zero-order valence-corrected chi connectivity index (χ0v) is 18.4. The number of hydrogen-bond donors (Lipinski definition) is 3. The van der Waals surface area contributed by atoms with E-state index in [1.165, 1.54) is 24.3 Å². The summed E-state index contributed by atoms with van der Waals surface area (Å²) in [6.07, 6.45) is -0.503. The Hall–Kier alpha value is -3.27. The lowest BCUT2D eigenvalue weighted by Crippen LogP contribution is -2.39. The van der Waals surface area contributed by atoms with Crippen LogP contribution >= 0.6 is 0 Å². The molecule has 0 spiro atoms. The molecule has 0 bridgehead atoms. The van der Waals surface area contributed by atoms with Gasteiger partial charge in [-0.15, -0.1) is 13.2 Å². The van der Waals surface area contributed by atoms with Crippen molar-refractivity contribution in [2.45, 2.75) is 45.6 Å². The number of pyridine rings is 1. The topological polar surface area (TPSA) is 88.4 Å². The van der Waals surface area contributed by atoms with Gasteiger partial charge in [0.2, 0.25) is 5.91 Å². The molecule has 1 unspecified atom stereocenters. The highest BCUT2D eigenvalue weighted by Gasteiger charge is 2.31. The number of aliphatic hydroxyl groups is 1. The summed E-state index contributed by atoms with van der Waals surface area (Å²) in [5.74, 6) is -0.173. The molecule has 0 aliphatic carbocycles. The molecule has 0 radical (unpaired) electrons. The fourth-order valence-corrected chi connectivity index (χ4v) is 3.49. The van der Waals surface area contributed by atoms with E-state index in [9.17, 15) is 18.0 Å². The Kier molecular flexibility index (Phi) is 7.80. The molecule has 7 nitrogen and oxygen atoms in total. The molecular formula is C23H27F3N4O3. The average Bonchev–Trinajstić information content (AvgIpc) is 3.16. The Labute approximate surface area is 189 Å². The number of hydrogen-bond acceptors (Lipinski definition) is 5. The van der Waals surface area contributed by atoms with E-state index in [2.05, 4.69) is 20.4 Å². The molecule has 33 heavy (non-hydrogen) atoms. The number of ether oxygens (including phenoxy) is 1. The molecule has 0 fully saturated rings. The molecule has 1 aromatic carbocycles. The fourth-order valence-electron chi connectivity index (χ4n) is 3.49. The van der Waals surface area contributed by atoms with Crippen molar-refractivity contribution in [2.24, 2.45) is 5.92 Å². The van der Waals surface area contributed by atoms with Gasteiger partial charge in [0.15, 0.2) is 0 Å². The van der Waals surface area contributed by atoms with Gasteiger partial charge in [0, 0.05) is 49.1 Å². The van der Waals surface area contributed by atoms with Crippen LogP contribution in [0, 0.1) is 5.92 Å². The Balaban J connectivity index is 1.66. The van der Waals surface area contributed by atoms with Crippen LogP contribution in [0.1, 0.15) is 26.7 Å². The first-order chi connectivity index (χ1) is 15.7. The van der Waals surface area contributed by atoms with Gasteiger partial charge in [0.1, 0.15) is 11.4 Å². The van der Waals surface area contributed by atoms with Crippen molar-refractivity contribution in [3.8, 4) is 5.75 Å². The highest BCUT2D eigenvalue weighted by Crippen LogP contribution is 2.28. The smallest absolute Gasteiger partial charge is 0.406 e. The third-order valence-corrected chi connectivity index (χ3v) is 5.20. The quantitative estimate of drug-likeness (QED) is 0.408. The van der Waals surface area contributed by atoms with Crippen molar-refractivity contribution in [2.75, 3.05) is 11.9 Å². The largest absolute Gasteiger partial charge is 0.573 e. The van der Waals surface area contributed by atoms with Crippen LogP contribution in [0.4, 0.5) is 24.5 Å². The van der Waals surface area contributed by atoms with Crippen LogP contribution < -0.4 is 15.4 Å². The Morgan fingerprint density at radius 1 is 1.18 bits per heavy atom. The Morgan fingerprint density at radius 2 is 1.91 bits per heavy atom. The predicted molar refractivity (Wildman–Crippen MR) is 119 cm³/mol. The number of nitrogens with zero attached hydrogens (tertiary/aromatic N) is 2. The van der Waals surface area contributed by atoms with Gasteiger partial charge < -0.3 is 25.0 Å². The molecule has 2 aromatic heterocycles. The second-order valence-corrected chi connectivity index (χ2v) is 7.98. The third-order valence-electron chi connectivity index (χ3n) is 5.20. The van der Waals surface area contributed by atoms with E-state index in [0.29, 0.717) is 24.3 Å². The summed E-state index contributed by atoms with van der Waals surface area (Å²) < 4.78 is 42.7. The van der Waals surface area contributed by atoms with E-state index in [4.69, 9.17) is 5.11 Å². The molecule has 0 aliphatic rings. The number of carbonyl (C=O) groups excluding carboxylic acids is 1. The summed E-state index contributed by atoms with van der Waals surface area (Å²) >= 11 is 0. The number of anilines is 2. The lowest BCUT2D eigenvalue weighted by Gasteiger charge is -2.21. The van der Waals surface area contributed by atoms with Gasteiger partial charge in [-0.25, -0.2) is 4.98 Å². The third kappa shape index (κ3) is 6.85. The highest BCUT2D eigenvalue weighted by molar-refractivity contribution is 5.91. The number of amides is 1. The molecule has 0 aliphatic heterocycles. The number of aromatic nitrogens is 2. The van der Waals surface area contributed by atoms with Crippen molar-refractivity contribution in [1.29, 1.82) is 0 Å². The van der Waals surface area contributed by atoms with Crippen LogP contribution in [0.15, 0.2) is 48.8 Å². The molecule has 10 heteroatoms. The average molecular weight is 464 g/mol. The number of benzene rings is 1. The Morgan fingerprint density at radius 3 is 2.55 bits per heavy atom. The van der Waals surface area contributed by atoms with E-state index in [1.54, 1.807) is 12.3 Å². The number of aliphatic hydroxyl groups excluding tert-OH is 1. The van der Waals surface area contributed by atoms with Crippen molar-refractivity contribution in [1.82, 2.24) is 14.9 Å². The first-order valence-corrected chi connectivity index (χ1v) is 10.6. The first-order valence-electron chi connectivity index (χ1n) is 10.6. The monoisotopic (exact) mass is 464 g/mol. The van der Waals surface area contributed by atoms with Crippen LogP contribution in [0.3, 0.4) is 0 Å². The molecule has 3 N–H and O–H groups in total. The minimum absolute atomic E-state index is 0.0170. The van der Waals surface area contributed by atoms with Gasteiger partial charge in [-0.3, -0.25) is 4.79 Å². The molecule has 0 saturated carbocycles. The summed E-state index contributed by atoms with van der Waals surface area (Å²) in [6.45, 7) is 4.44. The maximum Gasteiger partial charge on any atom is 0.573 e. The van der Waals surface area contributed by atoms with Gasteiger partial charge >= 0.3 is 6.36 Å². The van der Waals surface area contributed by atoms with Crippen LogP contribution in [-0.2, 0) is 11.3 Å². The Bertz CT molecular complexity index is 1060. The number of rotatable bonds is 10. The lowest BCUT2D eigenvalue weighted by molar-refractivity contribution is -0.274. The molecule has 1 atom stereocenters. The van der Waals surface area contributed by atoms with E-state index < -0.39 is 6.36 Å². The number of halogens is 3. The fraction of sp³-hybridized carbons (Fsp3) is 0.391. The first kappa shape index (κ1) is 24.4. The van der Waals surface area contributed by atoms with Crippen LogP contribution in [-0.4, -0.2) is 39.6 Å². The molecule has 178 valence electrons. The summed E-state index contributed by atoms with van der Waals surface area (Å²) in [6, 6.07) is 9.01. The SMILES string of the molecule is CC(C)C(CCO)NC(=O)CCn1ccc2c(Nc3ccc(OC(F)(F)F)cc3)ccnc21. The van der Waals surface area contributed by atoms with Crippen molar-refractivity contribution < 1.29 is 27.8 Å². The van der Waals surface area contributed by atoms with Gasteiger partial charge in [-0.05, 0) is 48.7 Å². The van der Waals surface area contributed by atoms with Crippen molar-refractivity contribution >= 4 is 28.3 Å². The standard InChI is InChI=1S/C23H27F3N4O3/c1-15(2)19(10-14-31)29-21(32)9-13-30-12-8-18-20(7-11-27-22(18)30)28-16-3-5-17(6-4-16)33-23(24,25)26/h3-8,11-12,15,19,31H,9-10,13-14H2,1-2H3,(H,27,28)(H,29,32). The molecular weight excluding hydrogens is 437 g/mol. The summed E-state index contributed by atoms with van der Waals surface area (Å²) in [7, 11) is 0. The maximum atomic E-state index is 12.4. The van der Waals surface area contributed by atoms with Crippen LogP contribution in [0.25, 0.3) is 11.0 Å². The predicted octanol–water partition coefficient (Wildman–Crippen LogP) is 4.59. The summed E-state index contributed by atoms with van der Waals surface area (Å²) in [5.41, 5.74) is 2.00. The second kappa shape index (κ2) is 10.6. The minimum Gasteiger partial charge on any atom is -0.406 e. The zero-order chi connectivity index (χ0) is 24.0. The number of carbonyl (C=O) groups is 1. The maximum absolute atomic E-state index is 12.4. The number of aryl methyl sites for hydroxylation is 1. The zero-order valence-electron chi connectivity index (χ0n) is 18.4. The normalized spacial score (nSPS) is 12.7. The van der Waals surface area contributed by atoms with E-state index in [1.807, 2.05) is 30.7 Å². The van der Waals surface area contributed by atoms with Gasteiger partial charge in [0.05, 0.1) is 5.69 Å². The lowest BCUT2D eigenvalue weighted by atomic mass is 10.0. The number of fused-ring (bicyclic) bond motifs is 1. The highest BCUT2D eigenvalue weighted by atomic mass is 19.4. The minimum atomic E-state index is -4.74.